The summed E-state index contributed by atoms with van der Waals surface area (Å²) in [6.45, 7) is 6.56. The average Bonchev–Trinajstić information content (AvgIpc) is 2.93. The Balaban J connectivity index is 1.92. The second-order valence-electron chi connectivity index (χ2n) is 4.48. The number of hydrogen-bond acceptors (Lipinski definition) is 3. The summed E-state index contributed by atoms with van der Waals surface area (Å²) in [6.07, 6.45) is 1.76. The van der Waals surface area contributed by atoms with Crippen LogP contribution in [0.1, 0.15) is 19.5 Å². The lowest BCUT2D eigenvalue weighted by atomic mass is 10.3. The van der Waals surface area contributed by atoms with Gasteiger partial charge in [0.1, 0.15) is 0 Å². The second kappa shape index (κ2) is 4.84. The number of ether oxygens (including phenoxy) is 1. The highest BCUT2D eigenvalue weighted by Gasteiger charge is 2.52. The molecule has 0 aliphatic heterocycles. The third-order valence-corrected chi connectivity index (χ3v) is 3.14. The Bertz CT molecular complexity index is 402. The molecule has 0 saturated heterocycles. The first-order chi connectivity index (χ1) is 8.13. The van der Waals surface area contributed by atoms with E-state index in [1.54, 1.807) is 6.20 Å². The maximum absolute atomic E-state index is 11.9. The van der Waals surface area contributed by atoms with Gasteiger partial charge in [-0.2, -0.15) is 0 Å². The Hall–Kier alpha value is -1.42. The summed E-state index contributed by atoms with van der Waals surface area (Å²) in [4.78, 5) is 16.1. The molecule has 1 aliphatic rings. The zero-order valence-corrected chi connectivity index (χ0v) is 10.4. The van der Waals surface area contributed by atoms with Gasteiger partial charge in [0.15, 0.2) is 0 Å². The van der Waals surface area contributed by atoms with Gasteiger partial charge in [0.25, 0.3) is 0 Å². The molecule has 0 aromatic carbocycles. The lowest BCUT2D eigenvalue weighted by molar-refractivity contribution is -0.118. The first-order valence-electron chi connectivity index (χ1n) is 5.98. The van der Waals surface area contributed by atoms with E-state index >= 15 is 0 Å². The zero-order valence-electron chi connectivity index (χ0n) is 10.4. The second-order valence-corrected chi connectivity index (χ2v) is 4.48. The van der Waals surface area contributed by atoms with Gasteiger partial charge < -0.3 is 10.1 Å². The summed E-state index contributed by atoms with van der Waals surface area (Å²) in [5.74, 6) is 0.325. The van der Waals surface area contributed by atoms with Crippen LogP contribution < -0.4 is 5.32 Å². The van der Waals surface area contributed by atoms with Crippen molar-refractivity contribution in [3.8, 4) is 0 Å². The highest BCUT2D eigenvalue weighted by Crippen LogP contribution is 2.42. The molecule has 1 fully saturated rings. The molecule has 0 bridgehead atoms. The molecule has 1 aromatic heterocycles. The summed E-state index contributed by atoms with van der Waals surface area (Å²) < 4.78 is 5.48. The topological polar surface area (TPSA) is 51.2 Å². The minimum absolute atomic E-state index is 0.0174. The minimum Gasteiger partial charge on any atom is -0.377 e. The highest BCUT2D eigenvalue weighted by atomic mass is 16.5. The summed E-state index contributed by atoms with van der Waals surface area (Å²) >= 11 is 0. The fourth-order valence-corrected chi connectivity index (χ4v) is 2.03. The van der Waals surface area contributed by atoms with Crippen molar-refractivity contribution in [2.45, 2.75) is 26.9 Å². The van der Waals surface area contributed by atoms with Crippen molar-refractivity contribution in [1.29, 1.82) is 0 Å². The van der Waals surface area contributed by atoms with Gasteiger partial charge >= 0.3 is 0 Å². The van der Waals surface area contributed by atoms with Crippen LogP contribution in [0.5, 0.6) is 0 Å². The van der Waals surface area contributed by atoms with Crippen LogP contribution in [0.15, 0.2) is 18.3 Å². The molecule has 3 atom stereocenters. The molecule has 1 amide bonds. The predicted molar refractivity (Wildman–Crippen MR) is 65.7 cm³/mol. The Morgan fingerprint density at radius 3 is 2.88 bits per heavy atom. The molecule has 1 N–H and O–H groups in total. The number of aryl methyl sites for hydroxylation is 1. The summed E-state index contributed by atoms with van der Waals surface area (Å²) in [6, 6.07) is 3.74. The van der Waals surface area contributed by atoms with Crippen molar-refractivity contribution >= 4 is 11.6 Å². The smallest absolute Gasteiger partial charge is 0.230 e. The molecule has 3 unspecified atom stereocenters. The van der Waals surface area contributed by atoms with E-state index in [4.69, 9.17) is 4.74 Å². The van der Waals surface area contributed by atoms with Gasteiger partial charge in [-0.25, -0.2) is 0 Å². The van der Waals surface area contributed by atoms with Gasteiger partial charge in [-0.1, -0.05) is 6.92 Å². The quantitative estimate of drug-likeness (QED) is 0.867. The third-order valence-electron chi connectivity index (χ3n) is 3.14. The number of hydrogen-bond donors (Lipinski definition) is 1. The van der Waals surface area contributed by atoms with Crippen LogP contribution in [0.3, 0.4) is 0 Å². The van der Waals surface area contributed by atoms with Crippen LogP contribution in [-0.4, -0.2) is 23.6 Å². The van der Waals surface area contributed by atoms with Crippen molar-refractivity contribution in [1.82, 2.24) is 4.98 Å². The van der Waals surface area contributed by atoms with E-state index in [0.29, 0.717) is 12.5 Å². The van der Waals surface area contributed by atoms with E-state index in [9.17, 15) is 4.79 Å². The molecule has 0 radical (unpaired) electrons. The number of pyridine rings is 1. The van der Waals surface area contributed by atoms with Crippen LogP contribution in [0.2, 0.25) is 0 Å². The molecule has 92 valence electrons. The highest BCUT2D eigenvalue weighted by molar-refractivity contribution is 5.95. The first kappa shape index (κ1) is 12.0. The molecular formula is C13H18N2O2. The lowest BCUT2D eigenvalue weighted by Gasteiger charge is -2.04. The van der Waals surface area contributed by atoms with Crippen LogP contribution in [0, 0.1) is 18.8 Å². The largest absolute Gasteiger partial charge is 0.377 e. The number of rotatable bonds is 4. The van der Waals surface area contributed by atoms with Gasteiger partial charge in [-0.3, -0.25) is 9.78 Å². The third kappa shape index (κ3) is 2.64. The van der Waals surface area contributed by atoms with Crippen LogP contribution >= 0.6 is 0 Å². The van der Waals surface area contributed by atoms with Gasteiger partial charge in [0.05, 0.1) is 23.9 Å². The summed E-state index contributed by atoms with van der Waals surface area (Å²) in [7, 11) is 0. The molecule has 0 spiro atoms. The molecule has 1 aliphatic carbocycles. The van der Waals surface area contributed by atoms with E-state index in [1.807, 2.05) is 32.9 Å². The maximum atomic E-state index is 11.9. The van der Waals surface area contributed by atoms with Crippen LogP contribution in [0.25, 0.3) is 0 Å². The van der Waals surface area contributed by atoms with Gasteiger partial charge in [-0.15, -0.1) is 0 Å². The normalized spacial score (nSPS) is 26.6. The SMILES string of the molecule is CCOC1C(C)C1C(=O)Nc1ccc(C)nc1. The van der Waals surface area contributed by atoms with Crippen molar-refractivity contribution < 1.29 is 9.53 Å². The molecule has 1 heterocycles. The Morgan fingerprint density at radius 2 is 2.29 bits per heavy atom. The Morgan fingerprint density at radius 1 is 1.53 bits per heavy atom. The number of carbonyl (C=O) groups excluding carboxylic acids is 1. The number of aromatic nitrogens is 1. The molecule has 1 aromatic rings. The predicted octanol–water partition coefficient (Wildman–Crippen LogP) is 2.00. The van der Waals surface area contributed by atoms with Gasteiger partial charge in [-0.05, 0) is 31.9 Å². The van der Waals surface area contributed by atoms with Crippen molar-refractivity contribution in [3.63, 3.8) is 0 Å². The van der Waals surface area contributed by atoms with E-state index in [1.165, 1.54) is 0 Å². The molecular weight excluding hydrogens is 216 g/mol. The van der Waals surface area contributed by atoms with E-state index in [-0.39, 0.29) is 17.9 Å². The molecule has 2 rings (SSSR count). The lowest BCUT2D eigenvalue weighted by Crippen LogP contribution is -2.17. The van der Waals surface area contributed by atoms with E-state index < -0.39 is 0 Å². The molecule has 1 saturated carbocycles. The van der Waals surface area contributed by atoms with Crippen LogP contribution in [-0.2, 0) is 9.53 Å². The number of nitrogens with zero attached hydrogens (tertiary/aromatic N) is 1. The summed E-state index contributed by atoms with van der Waals surface area (Å²) in [5.41, 5.74) is 1.69. The fraction of sp³-hybridized carbons (Fsp3) is 0.538. The van der Waals surface area contributed by atoms with E-state index in [0.717, 1.165) is 11.4 Å². The first-order valence-corrected chi connectivity index (χ1v) is 5.98. The number of carbonyl (C=O) groups is 1. The van der Waals surface area contributed by atoms with E-state index in [2.05, 4.69) is 10.3 Å². The Labute approximate surface area is 101 Å². The monoisotopic (exact) mass is 234 g/mol. The molecule has 4 nitrogen and oxygen atoms in total. The minimum atomic E-state index is -0.0174. The van der Waals surface area contributed by atoms with Gasteiger partial charge in [0.2, 0.25) is 5.91 Å². The standard InChI is InChI=1S/C13H18N2O2/c1-4-17-12-9(3)11(12)13(16)15-10-6-5-8(2)14-7-10/h5-7,9,11-12H,4H2,1-3H3,(H,15,16). The summed E-state index contributed by atoms with van der Waals surface area (Å²) in [5, 5.41) is 2.87. The maximum Gasteiger partial charge on any atom is 0.230 e. The zero-order chi connectivity index (χ0) is 12.4. The van der Waals surface area contributed by atoms with Crippen LogP contribution in [0.4, 0.5) is 5.69 Å². The number of anilines is 1. The van der Waals surface area contributed by atoms with Crippen molar-refractivity contribution in [3.05, 3.63) is 24.0 Å². The van der Waals surface area contributed by atoms with Crippen molar-refractivity contribution in [2.24, 2.45) is 11.8 Å². The number of amides is 1. The average molecular weight is 234 g/mol. The number of nitrogens with one attached hydrogen (secondary N) is 1. The van der Waals surface area contributed by atoms with Crippen molar-refractivity contribution in [2.75, 3.05) is 11.9 Å². The fourth-order valence-electron chi connectivity index (χ4n) is 2.03. The Kier molecular flexibility index (Phi) is 3.43. The van der Waals surface area contributed by atoms with Gasteiger partial charge in [0, 0.05) is 12.3 Å². The molecule has 17 heavy (non-hydrogen) atoms. The molecule has 4 heteroatoms.